The van der Waals surface area contributed by atoms with Gasteiger partial charge in [-0.3, -0.25) is 13.9 Å². The average molecular weight is 574 g/mol. The third-order valence-corrected chi connectivity index (χ3v) is 8.45. The Bertz CT molecular complexity index is 1390. The van der Waals surface area contributed by atoms with Crippen LogP contribution in [0.15, 0.2) is 77.7 Å². The molecule has 10 heteroatoms. The van der Waals surface area contributed by atoms with Crippen LogP contribution in [0.5, 0.6) is 0 Å². The number of benzene rings is 3. The van der Waals surface area contributed by atoms with Gasteiger partial charge in [-0.05, 0) is 67.3 Å². The molecule has 0 bridgehead atoms. The first-order valence-electron chi connectivity index (χ1n) is 12.7. The fraction of sp³-hybridized carbons (Fsp3) is 0.310. The van der Waals surface area contributed by atoms with Gasteiger partial charge in [-0.15, -0.1) is 0 Å². The number of nitrogens with one attached hydrogen (secondary N) is 1. The molecule has 0 spiro atoms. The number of hydrogen-bond donors (Lipinski definition) is 1. The van der Waals surface area contributed by atoms with E-state index in [0.717, 1.165) is 9.87 Å². The second-order valence-corrected chi connectivity index (χ2v) is 11.4. The minimum Gasteiger partial charge on any atom is -0.354 e. The molecule has 2 amide bonds. The Kier molecular flexibility index (Phi) is 10.5. The van der Waals surface area contributed by atoms with Crippen molar-refractivity contribution < 1.29 is 22.4 Å². The minimum atomic E-state index is -4.18. The Morgan fingerprint density at radius 2 is 1.67 bits per heavy atom. The summed E-state index contributed by atoms with van der Waals surface area (Å²) in [5.74, 6) is -1.36. The first-order chi connectivity index (χ1) is 18.6. The zero-order chi connectivity index (χ0) is 28.6. The molecule has 3 rings (SSSR count). The van der Waals surface area contributed by atoms with Crippen LogP contribution in [-0.2, 0) is 26.2 Å². The molecule has 7 nitrogen and oxygen atoms in total. The van der Waals surface area contributed by atoms with E-state index in [1.807, 2.05) is 6.92 Å². The number of carbonyl (C=O) groups excluding carboxylic acids is 2. The molecule has 3 aromatic carbocycles. The van der Waals surface area contributed by atoms with E-state index in [9.17, 15) is 22.4 Å². The summed E-state index contributed by atoms with van der Waals surface area (Å²) in [6.07, 6.45) is 1.01. The first kappa shape index (κ1) is 30.1. The summed E-state index contributed by atoms with van der Waals surface area (Å²) in [5, 5.41) is 3.18. The first-order valence-corrected chi connectivity index (χ1v) is 14.6. The van der Waals surface area contributed by atoms with Gasteiger partial charge in [0.15, 0.2) is 0 Å². The molecule has 0 unspecified atom stereocenters. The van der Waals surface area contributed by atoms with Crippen molar-refractivity contribution in [3.05, 3.63) is 94.8 Å². The topological polar surface area (TPSA) is 86.8 Å². The lowest BCUT2D eigenvalue weighted by Crippen LogP contribution is -2.52. The summed E-state index contributed by atoms with van der Waals surface area (Å²) in [5.41, 5.74) is 1.57. The lowest BCUT2D eigenvalue weighted by atomic mass is 10.1. The van der Waals surface area contributed by atoms with Crippen molar-refractivity contribution in [2.24, 2.45) is 0 Å². The number of hydrogen-bond acceptors (Lipinski definition) is 4. The molecule has 0 radical (unpaired) electrons. The zero-order valence-electron chi connectivity index (χ0n) is 22.2. The van der Waals surface area contributed by atoms with Gasteiger partial charge in [-0.2, -0.15) is 0 Å². The van der Waals surface area contributed by atoms with E-state index in [1.54, 1.807) is 44.2 Å². The van der Waals surface area contributed by atoms with Crippen LogP contribution in [-0.4, -0.2) is 44.3 Å². The Morgan fingerprint density at radius 1 is 1.00 bits per heavy atom. The summed E-state index contributed by atoms with van der Waals surface area (Å²) in [4.78, 5) is 28.4. The Hall–Kier alpha value is -3.43. The second-order valence-electron chi connectivity index (χ2n) is 9.12. The quantitative estimate of drug-likeness (QED) is 0.318. The molecule has 0 aromatic heterocycles. The highest BCUT2D eigenvalue weighted by Crippen LogP contribution is 2.28. The summed E-state index contributed by atoms with van der Waals surface area (Å²) in [7, 11) is -4.18. The molecule has 1 N–H and O–H groups in total. The molecule has 208 valence electrons. The number of nitrogens with zero attached hydrogens (tertiary/aromatic N) is 2. The monoisotopic (exact) mass is 573 g/mol. The van der Waals surface area contributed by atoms with Gasteiger partial charge in [0.1, 0.15) is 18.4 Å². The van der Waals surface area contributed by atoms with Crippen LogP contribution in [0.4, 0.5) is 10.1 Å². The molecule has 0 aliphatic heterocycles. The van der Waals surface area contributed by atoms with Crippen LogP contribution in [0.3, 0.4) is 0 Å². The Balaban J connectivity index is 2.06. The van der Waals surface area contributed by atoms with Gasteiger partial charge in [0.25, 0.3) is 10.0 Å². The normalized spacial score (nSPS) is 12.0. The zero-order valence-corrected chi connectivity index (χ0v) is 23.8. The number of anilines is 1. The summed E-state index contributed by atoms with van der Waals surface area (Å²) in [6, 6.07) is 17.3. The van der Waals surface area contributed by atoms with Gasteiger partial charge in [-0.1, -0.05) is 61.8 Å². The number of rotatable bonds is 12. The number of amides is 2. The van der Waals surface area contributed by atoms with Crippen molar-refractivity contribution in [3.63, 3.8) is 0 Å². The van der Waals surface area contributed by atoms with Crippen molar-refractivity contribution in [2.45, 2.75) is 51.1 Å². The summed E-state index contributed by atoms with van der Waals surface area (Å²) in [6.45, 7) is 5.34. The highest BCUT2D eigenvalue weighted by atomic mass is 35.5. The average Bonchev–Trinajstić information content (AvgIpc) is 2.93. The smallest absolute Gasteiger partial charge is 0.264 e. The molecule has 0 saturated carbocycles. The van der Waals surface area contributed by atoms with Crippen LogP contribution >= 0.6 is 11.6 Å². The number of halogens is 2. The maximum atomic E-state index is 13.9. The van der Waals surface area contributed by atoms with E-state index < -0.39 is 34.3 Å². The van der Waals surface area contributed by atoms with Crippen LogP contribution in [0, 0.1) is 12.7 Å². The second kappa shape index (κ2) is 13.6. The fourth-order valence-corrected chi connectivity index (χ4v) is 5.66. The van der Waals surface area contributed by atoms with Gasteiger partial charge in [0.05, 0.1) is 10.6 Å². The van der Waals surface area contributed by atoms with Crippen molar-refractivity contribution in [2.75, 3.05) is 17.4 Å². The van der Waals surface area contributed by atoms with Gasteiger partial charge >= 0.3 is 0 Å². The van der Waals surface area contributed by atoms with Gasteiger partial charge in [-0.25, -0.2) is 12.8 Å². The summed E-state index contributed by atoms with van der Waals surface area (Å²) >= 11 is 6.34. The predicted octanol–water partition coefficient (Wildman–Crippen LogP) is 5.32. The van der Waals surface area contributed by atoms with Crippen LogP contribution in [0.1, 0.15) is 37.8 Å². The standard InChI is InChI=1S/C29H33ClFN3O4S/c1-4-17-32-29(36)27(5-2)33(19-22-12-14-23(31)15-13-22)28(35)20-34(24-16-11-21(3)26(30)18-24)39(37,38)25-9-7-6-8-10-25/h6-16,18,27H,4-5,17,19-20H2,1-3H3,(H,32,36)/t27-/m0/s1. The molecule has 0 heterocycles. The third kappa shape index (κ3) is 7.58. The van der Waals surface area contributed by atoms with E-state index in [2.05, 4.69) is 5.32 Å². The fourth-order valence-electron chi connectivity index (χ4n) is 4.06. The highest BCUT2D eigenvalue weighted by Gasteiger charge is 2.33. The van der Waals surface area contributed by atoms with Crippen molar-refractivity contribution in [1.29, 1.82) is 0 Å². The maximum Gasteiger partial charge on any atom is 0.264 e. The maximum absolute atomic E-state index is 13.9. The van der Waals surface area contributed by atoms with Crippen LogP contribution < -0.4 is 9.62 Å². The Labute approximate surface area is 234 Å². The molecule has 0 saturated heterocycles. The van der Waals surface area contributed by atoms with Gasteiger partial charge in [0.2, 0.25) is 11.8 Å². The minimum absolute atomic E-state index is 0.00677. The molecular formula is C29H33ClFN3O4S. The number of carbonyl (C=O) groups is 2. The molecule has 0 fully saturated rings. The lowest BCUT2D eigenvalue weighted by molar-refractivity contribution is -0.140. The summed E-state index contributed by atoms with van der Waals surface area (Å²) < 4.78 is 42.1. The largest absolute Gasteiger partial charge is 0.354 e. The van der Waals surface area contributed by atoms with Crippen LogP contribution in [0.2, 0.25) is 5.02 Å². The molecule has 39 heavy (non-hydrogen) atoms. The van der Waals surface area contributed by atoms with E-state index in [4.69, 9.17) is 11.6 Å². The Morgan fingerprint density at radius 3 is 2.26 bits per heavy atom. The van der Waals surface area contributed by atoms with E-state index in [0.29, 0.717) is 30.0 Å². The van der Waals surface area contributed by atoms with Crippen molar-refractivity contribution >= 4 is 39.1 Å². The molecule has 0 aliphatic carbocycles. The van der Waals surface area contributed by atoms with Gasteiger partial charge in [0, 0.05) is 18.1 Å². The highest BCUT2D eigenvalue weighted by molar-refractivity contribution is 7.92. The van der Waals surface area contributed by atoms with Crippen molar-refractivity contribution in [3.8, 4) is 0 Å². The predicted molar refractivity (Wildman–Crippen MR) is 151 cm³/mol. The molecule has 0 aliphatic rings. The van der Waals surface area contributed by atoms with E-state index >= 15 is 0 Å². The molecular weight excluding hydrogens is 541 g/mol. The number of sulfonamides is 1. The molecule has 1 atom stereocenters. The van der Waals surface area contributed by atoms with Crippen LogP contribution in [0.25, 0.3) is 0 Å². The van der Waals surface area contributed by atoms with E-state index in [1.165, 1.54) is 47.4 Å². The third-order valence-electron chi connectivity index (χ3n) is 6.25. The van der Waals surface area contributed by atoms with Crippen molar-refractivity contribution in [1.82, 2.24) is 10.2 Å². The van der Waals surface area contributed by atoms with Gasteiger partial charge < -0.3 is 10.2 Å². The lowest BCUT2D eigenvalue weighted by Gasteiger charge is -2.33. The number of aryl methyl sites for hydroxylation is 1. The van der Waals surface area contributed by atoms with E-state index in [-0.39, 0.29) is 23.0 Å². The molecule has 3 aromatic rings. The SMILES string of the molecule is CCCNC(=O)[C@H](CC)N(Cc1ccc(F)cc1)C(=O)CN(c1ccc(C)c(Cl)c1)S(=O)(=O)c1ccccc1.